The summed E-state index contributed by atoms with van der Waals surface area (Å²) >= 11 is 0. The van der Waals surface area contributed by atoms with Gasteiger partial charge in [-0.2, -0.15) is 0 Å². The highest BCUT2D eigenvalue weighted by atomic mass is 16.5. The first-order valence-electron chi connectivity index (χ1n) is 6.72. The zero-order chi connectivity index (χ0) is 14.1. The Morgan fingerprint density at radius 2 is 2.25 bits per heavy atom. The molecule has 0 saturated heterocycles. The van der Waals surface area contributed by atoms with E-state index in [-0.39, 0.29) is 11.9 Å². The maximum atomic E-state index is 12.4. The molecule has 0 aliphatic carbocycles. The first-order valence-corrected chi connectivity index (χ1v) is 6.72. The van der Waals surface area contributed by atoms with Gasteiger partial charge in [-0.3, -0.25) is 4.79 Å². The highest BCUT2D eigenvalue weighted by molar-refractivity contribution is 5.92. The third-order valence-corrected chi connectivity index (χ3v) is 3.89. The van der Waals surface area contributed by atoms with Crippen molar-refractivity contribution in [3.05, 3.63) is 53.5 Å². The monoisotopic (exact) mass is 271 g/mol. The van der Waals surface area contributed by atoms with Gasteiger partial charge in [0.05, 0.1) is 19.4 Å². The maximum Gasteiger partial charge on any atom is 0.290 e. The smallest absolute Gasteiger partial charge is 0.290 e. The van der Waals surface area contributed by atoms with Gasteiger partial charge in [-0.25, -0.2) is 0 Å². The zero-order valence-electron chi connectivity index (χ0n) is 11.6. The van der Waals surface area contributed by atoms with E-state index in [2.05, 4.69) is 6.07 Å². The van der Waals surface area contributed by atoms with E-state index in [0.717, 1.165) is 17.7 Å². The van der Waals surface area contributed by atoms with Crippen LogP contribution in [0.3, 0.4) is 0 Å². The molecule has 1 aromatic heterocycles. The van der Waals surface area contributed by atoms with Crippen molar-refractivity contribution in [2.24, 2.45) is 0 Å². The van der Waals surface area contributed by atoms with Crippen LogP contribution in [0.5, 0.6) is 5.75 Å². The van der Waals surface area contributed by atoms with Gasteiger partial charge in [0.15, 0.2) is 5.76 Å². The normalized spacial score (nSPS) is 17.7. The van der Waals surface area contributed by atoms with E-state index >= 15 is 0 Å². The van der Waals surface area contributed by atoms with Crippen LogP contribution >= 0.6 is 0 Å². The molecule has 1 unspecified atom stereocenters. The van der Waals surface area contributed by atoms with Gasteiger partial charge in [0.2, 0.25) is 0 Å². The Morgan fingerprint density at radius 1 is 1.40 bits per heavy atom. The molecular formula is C16H17NO3. The summed E-state index contributed by atoms with van der Waals surface area (Å²) in [5.74, 6) is 1.15. The summed E-state index contributed by atoms with van der Waals surface area (Å²) in [4.78, 5) is 14.3. The third-order valence-electron chi connectivity index (χ3n) is 3.89. The molecule has 4 heteroatoms. The Kier molecular flexibility index (Phi) is 3.22. The molecular weight excluding hydrogens is 254 g/mol. The Labute approximate surface area is 118 Å². The standard InChI is InChI=1S/C16H17NO3/c1-11-14-10-13(19-2)6-5-12(14)7-8-17(11)16(18)15-4-3-9-20-15/h3-6,9-11H,7-8H2,1-2H3. The molecule has 1 atom stereocenters. The van der Waals surface area contributed by atoms with Gasteiger partial charge < -0.3 is 14.1 Å². The Morgan fingerprint density at radius 3 is 2.95 bits per heavy atom. The number of hydrogen-bond acceptors (Lipinski definition) is 3. The summed E-state index contributed by atoms with van der Waals surface area (Å²) in [6, 6.07) is 9.53. The summed E-state index contributed by atoms with van der Waals surface area (Å²) in [5, 5.41) is 0. The number of amides is 1. The molecule has 0 spiro atoms. The van der Waals surface area contributed by atoms with Gasteiger partial charge in [0, 0.05) is 6.54 Å². The second kappa shape index (κ2) is 5.04. The van der Waals surface area contributed by atoms with Crippen LogP contribution in [0.15, 0.2) is 41.0 Å². The summed E-state index contributed by atoms with van der Waals surface area (Å²) in [6.07, 6.45) is 2.38. The van der Waals surface area contributed by atoms with Crippen LogP contribution in [-0.4, -0.2) is 24.5 Å². The van der Waals surface area contributed by atoms with E-state index in [9.17, 15) is 4.79 Å². The van der Waals surface area contributed by atoms with Crippen molar-refractivity contribution in [3.63, 3.8) is 0 Å². The van der Waals surface area contributed by atoms with E-state index < -0.39 is 0 Å². The fourth-order valence-electron chi connectivity index (χ4n) is 2.74. The summed E-state index contributed by atoms with van der Waals surface area (Å²) in [7, 11) is 1.65. The van der Waals surface area contributed by atoms with Crippen LogP contribution in [-0.2, 0) is 6.42 Å². The molecule has 4 nitrogen and oxygen atoms in total. The number of carbonyl (C=O) groups excluding carboxylic acids is 1. The average molecular weight is 271 g/mol. The molecule has 0 fully saturated rings. The number of furan rings is 1. The minimum absolute atomic E-state index is 0.0199. The minimum Gasteiger partial charge on any atom is -0.497 e. The zero-order valence-corrected chi connectivity index (χ0v) is 11.6. The Bertz CT molecular complexity index is 619. The van der Waals surface area contributed by atoms with Gasteiger partial charge in [0.25, 0.3) is 5.91 Å². The van der Waals surface area contributed by atoms with Crippen molar-refractivity contribution in [2.75, 3.05) is 13.7 Å². The topological polar surface area (TPSA) is 42.7 Å². The number of rotatable bonds is 2. The first-order chi connectivity index (χ1) is 9.70. The van der Waals surface area contributed by atoms with Gasteiger partial charge in [-0.05, 0) is 48.7 Å². The lowest BCUT2D eigenvalue weighted by atomic mass is 9.93. The van der Waals surface area contributed by atoms with Gasteiger partial charge in [0.1, 0.15) is 5.75 Å². The number of carbonyl (C=O) groups is 1. The number of ether oxygens (including phenoxy) is 1. The summed E-state index contributed by atoms with van der Waals surface area (Å²) in [6.45, 7) is 2.75. The highest BCUT2D eigenvalue weighted by Crippen LogP contribution is 2.33. The maximum absolute atomic E-state index is 12.4. The molecule has 1 amide bonds. The fourth-order valence-corrected chi connectivity index (χ4v) is 2.74. The Hall–Kier alpha value is -2.23. The third kappa shape index (κ3) is 2.07. The SMILES string of the molecule is COc1ccc2c(c1)C(C)N(C(=O)c1ccco1)CC2. The van der Waals surface area contributed by atoms with Crippen LogP contribution in [0.1, 0.15) is 34.6 Å². The molecule has 1 aromatic carbocycles. The van der Waals surface area contributed by atoms with E-state index in [4.69, 9.17) is 9.15 Å². The number of methoxy groups -OCH3 is 1. The molecule has 2 heterocycles. The van der Waals surface area contributed by atoms with E-state index in [1.165, 1.54) is 11.8 Å². The van der Waals surface area contributed by atoms with E-state index in [1.807, 2.05) is 24.0 Å². The van der Waals surface area contributed by atoms with Crippen molar-refractivity contribution in [2.45, 2.75) is 19.4 Å². The first kappa shape index (κ1) is 12.8. The molecule has 20 heavy (non-hydrogen) atoms. The quantitative estimate of drug-likeness (QED) is 0.843. The van der Waals surface area contributed by atoms with E-state index in [1.54, 1.807) is 19.2 Å². The Balaban J connectivity index is 1.92. The summed E-state index contributed by atoms with van der Waals surface area (Å²) in [5.41, 5.74) is 2.43. The minimum atomic E-state index is -0.0593. The molecule has 0 N–H and O–H groups in total. The molecule has 2 aromatic rings. The molecule has 1 aliphatic heterocycles. The van der Waals surface area contributed by atoms with Crippen LogP contribution < -0.4 is 4.74 Å². The molecule has 0 saturated carbocycles. The van der Waals surface area contributed by atoms with Gasteiger partial charge in [-0.1, -0.05) is 6.07 Å². The molecule has 0 radical (unpaired) electrons. The van der Waals surface area contributed by atoms with Crippen LogP contribution in [0.25, 0.3) is 0 Å². The molecule has 0 bridgehead atoms. The predicted molar refractivity (Wildman–Crippen MR) is 74.9 cm³/mol. The fraction of sp³-hybridized carbons (Fsp3) is 0.312. The van der Waals surface area contributed by atoms with E-state index in [0.29, 0.717) is 12.3 Å². The molecule has 104 valence electrons. The molecule has 1 aliphatic rings. The number of fused-ring (bicyclic) bond motifs is 1. The van der Waals surface area contributed by atoms with Crippen LogP contribution in [0.4, 0.5) is 0 Å². The number of hydrogen-bond donors (Lipinski definition) is 0. The lowest BCUT2D eigenvalue weighted by molar-refractivity contribution is 0.0644. The second-order valence-electron chi connectivity index (χ2n) is 4.97. The van der Waals surface area contributed by atoms with Crippen LogP contribution in [0.2, 0.25) is 0 Å². The number of benzene rings is 1. The second-order valence-corrected chi connectivity index (χ2v) is 4.97. The molecule has 3 rings (SSSR count). The lowest BCUT2D eigenvalue weighted by Crippen LogP contribution is -2.38. The van der Waals surface area contributed by atoms with Crippen LogP contribution in [0, 0.1) is 0 Å². The largest absolute Gasteiger partial charge is 0.497 e. The average Bonchev–Trinajstić information content (AvgIpc) is 3.01. The van der Waals surface area contributed by atoms with Crippen molar-refractivity contribution in [1.29, 1.82) is 0 Å². The van der Waals surface area contributed by atoms with Crippen molar-refractivity contribution in [3.8, 4) is 5.75 Å². The van der Waals surface area contributed by atoms with Crippen molar-refractivity contribution in [1.82, 2.24) is 4.90 Å². The lowest BCUT2D eigenvalue weighted by Gasteiger charge is -2.35. The number of nitrogens with zero attached hydrogens (tertiary/aromatic N) is 1. The summed E-state index contributed by atoms with van der Waals surface area (Å²) < 4.78 is 10.5. The predicted octanol–water partition coefficient (Wildman–Crippen LogP) is 3.05. The highest BCUT2D eigenvalue weighted by Gasteiger charge is 2.29. The van der Waals surface area contributed by atoms with Gasteiger partial charge >= 0.3 is 0 Å². The van der Waals surface area contributed by atoms with Crippen molar-refractivity contribution >= 4 is 5.91 Å². The van der Waals surface area contributed by atoms with Gasteiger partial charge in [-0.15, -0.1) is 0 Å². The van der Waals surface area contributed by atoms with Crippen molar-refractivity contribution < 1.29 is 13.9 Å².